The number of aryl methyl sites for hydroxylation is 1. The minimum Gasteiger partial charge on any atom is -0.416 e. The number of rotatable bonds is 5. The first-order valence-corrected chi connectivity index (χ1v) is 10.5. The second-order valence-corrected chi connectivity index (χ2v) is 8.46. The smallest absolute Gasteiger partial charge is 0.303 e. The fourth-order valence-electron chi connectivity index (χ4n) is 4.31. The highest BCUT2D eigenvalue weighted by Gasteiger charge is 2.40. The number of fused-ring (bicyclic) bond motifs is 3. The highest BCUT2D eigenvalue weighted by molar-refractivity contribution is 7.22. The maximum Gasteiger partial charge on any atom is 0.303 e. The normalized spacial score (nSPS) is 15.4. The first kappa shape index (κ1) is 17.3. The lowest BCUT2D eigenvalue weighted by molar-refractivity contribution is -0.499. The van der Waals surface area contributed by atoms with E-state index in [1.165, 1.54) is 26.5 Å². The van der Waals surface area contributed by atoms with Crippen molar-refractivity contribution in [1.82, 2.24) is 0 Å². The Balaban J connectivity index is 1.93. The number of amidine groups is 1. The first-order valence-electron chi connectivity index (χ1n) is 9.72. The van der Waals surface area contributed by atoms with Gasteiger partial charge in [0, 0.05) is 5.56 Å². The van der Waals surface area contributed by atoms with Crippen LogP contribution in [0.1, 0.15) is 37.8 Å². The summed E-state index contributed by atoms with van der Waals surface area (Å²) in [5.41, 5.74) is 3.77. The van der Waals surface area contributed by atoms with Gasteiger partial charge in [0.05, 0.1) is 10.2 Å². The van der Waals surface area contributed by atoms with Gasteiger partial charge in [-0.25, -0.2) is 5.32 Å². The third-order valence-corrected chi connectivity index (χ3v) is 6.51. The number of hydrogen-bond donors (Lipinski definition) is 1. The van der Waals surface area contributed by atoms with E-state index in [1.807, 2.05) is 11.3 Å². The van der Waals surface area contributed by atoms with Crippen LogP contribution in [0.5, 0.6) is 0 Å². The molecule has 3 aromatic rings. The summed E-state index contributed by atoms with van der Waals surface area (Å²) in [7, 11) is 0. The van der Waals surface area contributed by atoms with E-state index in [2.05, 4.69) is 79.1 Å². The molecule has 1 aliphatic rings. The lowest BCUT2D eigenvalue weighted by Gasteiger charge is -2.37. The molecular formula is C21H26BN3S. The summed E-state index contributed by atoms with van der Waals surface area (Å²) in [6.45, 7) is 6.68. The maximum atomic E-state index is 5.39. The molecule has 134 valence electrons. The molecule has 1 N–H and O–H groups in total. The van der Waals surface area contributed by atoms with Gasteiger partial charge >= 0.3 is 6.42 Å². The van der Waals surface area contributed by atoms with Crippen LogP contribution in [0.15, 0.2) is 53.4 Å². The van der Waals surface area contributed by atoms with Gasteiger partial charge < -0.3 is 9.38 Å². The summed E-state index contributed by atoms with van der Waals surface area (Å²) in [4.78, 5) is 5.39. The largest absolute Gasteiger partial charge is 0.416 e. The van der Waals surface area contributed by atoms with Crippen LogP contribution in [0.25, 0.3) is 10.2 Å². The average molecular weight is 363 g/mol. The van der Waals surface area contributed by atoms with Crippen molar-refractivity contribution in [2.45, 2.75) is 46.3 Å². The summed E-state index contributed by atoms with van der Waals surface area (Å²) in [6, 6.07) is 17.4. The van der Waals surface area contributed by atoms with E-state index in [0.717, 1.165) is 31.3 Å². The van der Waals surface area contributed by atoms with E-state index in [4.69, 9.17) is 4.90 Å². The monoisotopic (exact) mass is 363 g/mol. The molecule has 0 fully saturated rings. The highest BCUT2D eigenvalue weighted by atomic mass is 32.1. The van der Waals surface area contributed by atoms with Crippen LogP contribution in [0.3, 0.4) is 0 Å². The molecule has 1 aliphatic heterocycles. The Hall–Kier alpha value is -2.14. The van der Waals surface area contributed by atoms with Gasteiger partial charge in [0.1, 0.15) is 0 Å². The van der Waals surface area contributed by atoms with E-state index in [0.29, 0.717) is 0 Å². The Labute approximate surface area is 159 Å². The van der Waals surface area contributed by atoms with Crippen molar-refractivity contribution in [2.75, 3.05) is 5.32 Å². The van der Waals surface area contributed by atoms with Crippen LogP contribution in [0, 0.1) is 6.92 Å². The van der Waals surface area contributed by atoms with Crippen molar-refractivity contribution < 1.29 is 4.48 Å². The summed E-state index contributed by atoms with van der Waals surface area (Å²) in [5.74, 6) is 1.03. The number of benzene rings is 2. The minimum absolute atomic E-state index is 1.02. The summed E-state index contributed by atoms with van der Waals surface area (Å²) >= 11 is 1.84. The molecule has 0 saturated carbocycles. The van der Waals surface area contributed by atoms with E-state index in [-0.39, 0.29) is 0 Å². The zero-order valence-electron chi connectivity index (χ0n) is 15.8. The predicted octanol–water partition coefficient (Wildman–Crippen LogP) is 5.48. The molecule has 2 heterocycles. The number of para-hydroxylation sites is 1. The molecule has 4 rings (SSSR count). The third kappa shape index (κ3) is 2.84. The van der Waals surface area contributed by atoms with Crippen molar-refractivity contribution >= 4 is 38.9 Å². The van der Waals surface area contributed by atoms with Gasteiger partial charge in [-0.15, -0.1) is 12.6 Å². The predicted molar refractivity (Wildman–Crippen MR) is 115 cm³/mol. The Bertz CT molecular complexity index is 953. The van der Waals surface area contributed by atoms with Gasteiger partial charge in [0.2, 0.25) is 0 Å². The van der Waals surface area contributed by atoms with E-state index < -0.39 is 6.42 Å². The van der Waals surface area contributed by atoms with Gasteiger partial charge in [-0.05, 0) is 31.2 Å². The molecule has 3 nitrogen and oxygen atoms in total. The summed E-state index contributed by atoms with van der Waals surface area (Å²) < 4.78 is 3.85. The molecule has 0 unspecified atom stereocenters. The molecule has 0 atom stereocenters. The molecule has 26 heavy (non-hydrogen) atoms. The number of hydrogen-bond acceptors (Lipinski definition) is 3. The lowest BCUT2D eigenvalue weighted by Crippen LogP contribution is -2.66. The number of anilines is 1. The standard InChI is InChI=1S/C21H26BN3S/c1-4-14-22(15-5-2)24-20(17-12-10-16(3)11-13-17)23-21-25(22)18-8-6-7-9-19(18)26-21/h6-13H,4-5,14-15H2,1-3H3,(H,23,24). The minimum atomic E-state index is -1.02. The molecule has 1 aromatic heterocycles. The van der Waals surface area contributed by atoms with Crippen molar-refractivity contribution in [3.05, 3.63) is 59.7 Å². The Morgan fingerprint density at radius 1 is 1.00 bits per heavy atom. The van der Waals surface area contributed by atoms with Crippen LogP contribution >= 0.6 is 11.3 Å². The fourth-order valence-corrected chi connectivity index (χ4v) is 5.48. The second-order valence-electron chi connectivity index (χ2n) is 7.43. The summed E-state index contributed by atoms with van der Waals surface area (Å²) in [6.07, 6.45) is 3.49. The lowest BCUT2D eigenvalue weighted by atomic mass is 9.40. The Morgan fingerprint density at radius 2 is 1.69 bits per heavy atom. The summed E-state index contributed by atoms with van der Waals surface area (Å²) in [5, 5.41) is 4.86. The maximum absolute atomic E-state index is 5.39. The Morgan fingerprint density at radius 3 is 2.38 bits per heavy atom. The molecule has 2 aromatic carbocycles. The Kier molecular flexibility index (Phi) is 4.57. The second kappa shape index (κ2) is 6.88. The number of nitrogens with one attached hydrogen (secondary N) is 1. The van der Waals surface area contributed by atoms with Crippen molar-refractivity contribution in [2.24, 2.45) is 4.90 Å². The van der Waals surface area contributed by atoms with Crippen LogP contribution in [0.4, 0.5) is 5.13 Å². The van der Waals surface area contributed by atoms with Gasteiger partial charge in [-0.2, -0.15) is 0 Å². The zero-order valence-corrected chi connectivity index (χ0v) is 16.6. The van der Waals surface area contributed by atoms with Gasteiger partial charge in [0.25, 0.3) is 5.13 Å². The number of thiazole rings is 1. The molecule has 0 saturated heterocycles. The fraction of sp³-hybridized carbons (Fsp3) is 0.333. The van der Waals surface area contributed by atoms with Crippen LogP contribution < -0.4 is 9.79 Å². The highest BCUT2D eigenvalue weighted by Crippen LogP contribution is 2.33. The molecule has 0 spiro atoms. The topological polar surface area (TPSA) is 28.3 Å². The molecule has 0 bridgehead atoms. The zero-order chi connectivity index (χ0) is 18.1. The van der Waals surface area contributed by atoms with Crippen LogP contribution in [-0.2, 0) is 0 Å². The van der Waals surface area contributed by atoms with E-state index >= 15 is 0 Å². The molecular weight excluding hydrogens is 337 g/mol. The van der Waals surface area contributed by atoms with E-state index in [1.54, 1.807) is 0 Å². The van der Waals surface area contributed by atoms with Crippen molar-refractivity contribution in [1.29, 1.82) is 0 Å². The van der Waals surface area contributed by atoms with Crippen LogP contribution in [-0.4, -0.2) is 12.3 Å². The van der Waals surface area contributed by atoms with Gasteiger partial charge in [0.15, 0.2) is 5.84 Å². The molecule has 0 amide bonds. The van der Waals surface area contributed by atoms with E-state index in [9.17, 15) is 0 Å². The number of nitrogens with zero attached hydrogens (tertiary/aromatic N) is 2. The molecule has 0 radical (unpaired) electrons. The van der Waals surface area contributed by atoms with Crippen molar-refractivity contribution in [3.63, 3.8) is 0 Å². The van der Waals surface area contributed by atoms with Gasteiger partial charge in [-0.3, -0.25) is 0 Å². The average Bonchev–Trinajstić information content (AvgIpc) is 3.02. The van der Waals surface area contributed by atoms with Gasteiger partial charge in [-0.1, -0.05) is 67.9 Å². The molecule has 5 heteroatoms. The third-order valence-electron chi connectivity index (χ3n) is 5.45. The molecule has 0 aliphatic carbocycles. The van der Waals surface area contributed by atoms with Crippen LogP contribution in [0.2, 0.25) is 12.6 Å². The number of aromatic nitrogens is 1. The first-order chi connectivity index (χ1) is 12.7. The quantitative estimate of drug-likeness (QED) is 0.598. The van der Waals surface area contributed by atoms with Crippen molar-refractivity contribution in [3.8, 4) is 0 Å². The SMILES string of the molecule is CCC[B-]1(CCC)N=C(c2ccc(C)cc2)Nc2sc3ccccc3[n+]21.